The lowest BCUT2D eigenvalue weighted by atomic mass is 10.1. The molecule has 1 amide bonds. The minimum absolute atomic E-state index is 0.224. The molecule has 5 rings (SSSR count). The van der Waals surface area contributed by atoms with Crippen molar-refractivity contribution >= 4 is 34.0 Å². The minimum atomic E-state index is -0.360. The SMILES string of the molecule is Cc1cc(C(=O)N(Cc2ccccn2)c2ccc(F)cc2)c2cnn(Cc3cccs3)c2n1. The van der Waals surface area contributed by atoms with Crippen LogP contribution in [0.25, 0.3) is 11.0 Å². The highest BCUT2D eigenvalue weighted by atomic mass is 32.1. The van der Waals surface area contributed by atoms with Gasteiger partial charge in [-0.1, -0.05) is 12.1 Å². The average Bonchev–Trinajstić information content (AvgIpc) is 3.49. The second-order valence-electron chi connectivity index (χ2n) is 7.62. The Kier molecular flexibility index (Phi) is 5.66. The highest BCUT2D eigenvalue weighted by Crippen LogP contribution is 2.25. The molecule has 164 valence electrons. The smallest absolute Gasteiger partial charge is 0.259 e. The van der Waals surface area contributed by atoms with Crippen LogP contribution in [0.4, 0.5) is 10.1 Å². The molecule has 0 atom stereocenters. The van der Waals surface area contributed by atoms with E-state index >= 15 is 0 Å². The van der Waals surface area contributed by atoms with Gasteiger partial charge in [-0.3, -0.25) is 9.78 Å². The molecule has 1 aromatic carbocycles. The summed E-state index contributed by atoms with van der Waals surface area (Å²) in [5.41, 5.74) is 3.18. The van der Waals surface area contributed by atoms with Gasteiger partial charge in [0.1, 0.15) is 5.82 Å². The highest BCUT2D eigenvalue weighted by molar-refractivity contribution is 7.09. The third-order valence-electron chi connectivity index (χ3n) is 5.28. The van der Waals surface area contributed by atoms with Crippen LogP contribution in [0.1, 0.15) is 26.6 Å². The molecule has 4 heterocycles. The monoisotopic (exact) mass is 457 g/mol. The van der Waals surface area contributed by atoms with E-state index in [1.807, 2.05) is 47.3 Å². The molecule has 0 aliphatic heterocycles. The normalized spacial score (nSPS) is 11.1. The maximum atomic E-state index is 13.9. The van der Waals surface area contributed by atoms with Crippen LogP contribution in [0.3, 0.4) is 0 Å². The second-order valence-corrected chi connectivity index (χ2v) is 8.65. The van der Waals surface area contributed by atoms with E-state index < -0.39 is 0 Å². The fraction of sp³-hybridized carbons (Fsp3) is 0.120. The van der Waals surface area contributed by atoms with E-state index in [0.29, 0.717) is 28.8 Å². The number of halogens is 1. The topological polar surface area (TPSA) is 63.9 Å². The van der Waals surface area contributed by atoms with Gasteiger partial charge in [-0.25, -0.2) is 14.1 Å². The predicted molar refractivity (Wildman–Crippen MR) is 127 cm³/mol. The van der Waals surface area contributed by atoms with Crippen LogP contribution < -0.4 is 4.90 Å². The molecule has 0 bridgehead atoms. The van der Waals surface area contributed by atoms with Crippen molar-refractivity contribution < 1.29 is 9.18 Å². The standard InChI is InChI=1S/C25H20FN5OS/c1-17-13-22(23-14-28-31(24(23)29-17)16-21-6-4-12-33-21)25(32)30(15-19-5-2-3-11-27-19)20-9-7-18(26)8-10-20/h2-14H,15-16H2,1H3. The van der Waals surface area contributed by atoms with Gasteiger partial charge in [-0.05, 0) is 60.8 Å². The van der Waals surface area contributed by atoms with Gasteiger partial charge in [0, 0.05) is 22.5 Å². The molecule has 0 unspecified atom stereocenters. The van der Waals surface area contributed by atoms with Crippen molar-refractivity contribution in [3.05, 3.63) is 106 Å². The van der Waals surface area contributed by atoms with E-state index in [-0.39, 0.29) is 18.3 Å². The van der Waals surface area contributed by atoms with Crippen LogP contribution in [0.2, 0.25) is 0 Å². The van der Waals surface area contributed by atoms with Crippen molar-refractivity contribution in [2.45, 2.75) is 20.0 Å². The fourth-order valence-corrected chi connectivity index (χ4v) is 4.40. The van der Waals surface area contributed by atoms with Crippen molar-refractivity contribution in [1.82, 2.24) is 19.7 Å². The zero-order chi connectivity index (χ0) is 22.8. The number of benzene rings is 1. The zero-order valence-corrected chi connectivity index (χ0v) is 18.7. The first-order chi connectivity index (χ1) is 16.1. The molecule has 0 N–H and O–H groups in total. The fourth-order valence-electron chi connectivity index (χ4n) is 3.72. The predicted octanol–water partition coefficient (Wildman–Crippen LogP) is 5.23. The number of thiophene rings is 1. The maximum Gasteiger partial charge on any atom is 0.259 e. The van der Waals surface area contributed by atoms with Crippen LogP contribution in [0.5, 0.6) is 0 Å². The zero-order valence-electron chi connectivity index (χ0n) is 17.9. The molecule has 0 saturated carbocycles. The van der Waals surface area contributed by atoms with Gasteiger partial charge >= 0.3 is 0 Å². The first-order valence-corrected chi connectivity index (χ1v) is 11.3. The van der Waals surface area contributed by atoms with Crippen LogP contribution in [0.15, 0.2) is 78.4 Å². The van der Waals surface area contributed by atoms with Gasteiger partial charge in [0.25, 0.3) is 5.91 Å². The number of carbonyl (C=O) groups is 1. The Hall–Kier alpha value is -3.91. The summed E-state index contributed by atoms with van der Waals surface area (Å²) in [7, 11) is 0. The molecule has 6 nitrogen and oxygen atoms in total. The Morgan fingerprint density at radius 1 is 1.12 bits per heavy atom. The van der Waals surface area contributed by atoms with Gasteiger partial charge in [0.15, 0.2) is 5.65 Å². The minimum Gasteiger partial charge on any atom is -0.302 e. The number of fused-ring (bicyclic) bond motifs is 1. The molecule has 5 aromatic rings. The molecule has 8 heteroatoms. The summed E-state index contributed by atoms with van der Waals surface area (Å²) in [6.07, 6.45) is 3.37. The lowest BCUT2D eigenvalue weighted by Crippen LogP contribution is -2.31. The quantitative estimate of drug-likeness (QED) is 0.350. The van der Waals surface area contributed by atoms with E-state index in [9.17, 15) is 9.18 Å². The summed E-state index contributed by atoms with van der Waals surface area (Å²) in [6.45, 7) is 2.69. The lowest BCUT2D eigenvalue weighted by Gasteiger charge is -2.23. The van der Waals surface area contributed by atoms with Crippen molar-refractivity contribution in [2.75, 3.05) is 4.90 Å². The third kappa shape index (κ3) is 4.38. The van der Waals surface area contributed by atoms with E-state index in [1.54, 1.807) is 46.8 Å². The molecular weight excluding hydrogens is 437 g/mol. The first-order valence-electron chi connectivity index (χ1n) is 10.4. The first kappa shape index (κ1) is 21.0. The summed E-state index contributed by atoms with van der Waals surface area (Å²) < 4.78 is 15.4. The second kappa shape index (κ2) is 8.91. The Labute approximate surface area is 194 Å². The number of nitrogens with zero attached hydrogens (tertiary/aromatic N) is 5. The van der Waals surface area contributed by atoms with Crippen LogP contribution in [-0.2, 0) is 13.1 Å². The number of hydrogen-bond donors (Lipinski definition) is 0. The van der Waals surface area contributed by atoms with Crippen LogP contribution in [0, 0.1) is 12.7 Å². The van der Waals surface area contributed by atoms with E-state index in [1.165, 1.54) is 12.1 Å². The lowest BCUT2D eigenvalue weighted by molar-refractivity contribution is 0.0986. The van der Waals surface area contributed by atoms with Gasteiger partial charge in [-0.2, -0.15) is 5.10 Å². The van der Waals surface area contributed by atoms with Crippen LogP contribution in [-0.4, -0.2) is 25.7 Å². The number of amides is 1. The molecule has 0 radical (unpaired) electrons. The molecule has 0 spiro atoms. The summed E-state index contributed by atoms with van der Waals surface area (Å²) >= 11 is 1.65. The van der Waals surface area contributed by atoms with E-state index in [2.05, 4.69) is 15.1 Å². The molecule has 0 saturated heterocycles. The van der Waals surface area contributed by atoms with Crippen molar-refractivity contribution in [3.63, 3.8) is 0 Å². The Bertz CT molecular complexity index is 1400. The summed E-state index contributed by atoms with van der Waals surface area (Å²) in [6, 6.07) is 17.3. The number of rotatable bonds is 6. The molecule has 0 aliphatic carbocycles. The van der Waals surface area contributed by atoms with Gasteiger partial charge in [-0.15, -0.1) is 11.3 Å². The number of pyridine rings is 2. The largest absolute Gasteiger partial charge is 0.302 e. The molecule has 4 aromatic heterocycles. The number of hydrogen-bond acceptors (Lipinski definition) is 5. The van der Waals surface area contributed by atoms with Crippen molar-refractivity contribution in [2.24, 2.45) is 0 Å². The number of aromatic nitrogens is 4. The van der Waals surface area contributed by atoms with Gasteiger partial charge in [0.2, 0.25) is 0 Å². The summed E-state index contributed by atoms with van der Waals surface area (Å²) in [4.78, 5) is 25.7. The summed E-state index contributed by atoms with van der Waals surface area (Å²) in [5.74, 6) is -0.584. The summed E-state index contributed by atoms with van der Waals surface area (Å²) in [5, 5.41) is 7.21. The highest BCUT2D eigenvalue weighted by Gasteiger charge is 2.23. The Morgan fingerprint density at radius 3 is 2.70 bits per heavy atom. The molecular formula is C25H20FN5OS. The van der Waals surface area contributed by atoms with Gasteiger partial charge in [0.05, 0.1) is 35.9 Å². The molecule has 33 heavy (non-hydrogen) atoms. The van der Waals surface area contributed by atoms with E-state index in [4.69, 9.17) is 0 Å². The van der Waals surface area contributed by atoms with Gasteiger partial charge < -0.3 is 4.90 Å². The van der Waals surface area contributed by atoms with Crippen molar-refractivity contribution in [1.29, 1.82) is 0 Å². The molecule has 0 aliphatic rings. The number of aryl methyl sites for hydroxylation is 1. The number of carbonyl (C=O) groups excluding carboxylic acids is 1. The Balaban J connectivity index is 1.57. The maximum absolute atomic E-state index is 13.9. The Morgan fingerprint density at radius 2 is 1.97 bits per heavy atom. The van der Waals surface area contributed by atoms with Crippen molar-refractivity contribution in [3.8, 4) is 0 Å². The number of anilines is 1. The third-order valence-corrected chi connectivity index (χ3v) is 6.14. The van der Waals surface area contributed by atoms with Crippen LogP contribution >= 0.6 is 11.3 Å². The molecule has 0 fully saturated rings. The average molecular weight is 458 g/mol. The van der Waals surface area contributed by atoms with E-state index in [0.717, 1.165) is 16.3 Å².